The molecule has 7 heteroatoms. The first-order valence-corrected chi connectivity index (χ1v) is 9.42. The molecule has 0 radical (unpaired) electrons. The van der Waals surface area contributed by atoms with Crippen LogP contribution in [0.4, 0.5) is 0 Å². The lowest BCUT2D eigenvalue weighted by Crippen LogP contribution is -2.19. The van der Waals surface area contributed by atoms with Gasteiger partial charge in [0.05, 0.1) is 5.02 Å². The van der Waals surface area contributed by atoms with Crippen molar-refractivity contribution in [1.82, 2.24) is 0 Å². The van der Waals surface area contributed by atoms with Gasteiger partial charge in [-0.15, -0.1) is 6.58 Å². The Balaban J connectivity index is 0.00000133. The second kappa shape index (κ2) is 15.5. The number of hydrogen-bond donors (Lipinski definition) is 1. The molecule has 152 valence electrons. The minimum Gasteiger partial charge on any atom is -0.480 e. The molecule has 2 aromatic carbocycles. The van der Waals surface area contributed by atoms with Crippen LogP contribution in [0.3, 0.4) is 0 Å². The maximum atomic E-state index is 11.6. The highest BCUT2D eigenvalue weighted by Gasteiger charge is 2.08. The van der Waals surface area contributed by atoms with E-state index in [4.69, 9.17) is 38.5 Å². The molecular weight excluding hydrogens is 399 g/mol. The second-order valence-corrected chi connectivity index (χ2v) is 5.82. The van der Waals surface area contributed by atoms with Crippen molar-refractivity contribution in [2.45, 2.75) is 27.2 Å². The molecule has 0 aliphatic heterocycles. The summed E-state index contributed by atoms with van der Waals surface area (Å²) in [6, 6.07) is 14.1. The summed E-state index contributed by atoms with van der Waals surface area (Å²) in [5.41, 5.74) is 6.66. The number of nitrogens with two attached hydrogens (primary N) is 1. The van der Waals surface area contributed by atoms with Gasteiger partial charge in [-0.25, -0.2) is 4.79 Å². The van der Waals surface area contributed by atoms with Gasteiger partial charge < -0.3 is 15.3 Å². The molecule has 28 heavy (non-hydrogen) atoms. The number of benzene rings is 2. The third-order valence-corrected chi connectivity index (χ3v) is 3.26. The van der Waals surface area contributed by atoms with Crippen LogP contribution in [0.2, 0.25) is 10.0 Å². The van der Waals surface area contributed by atoms with Crippen molar-refractivity contribution in [1.29, 1.82) is 0 Å². The average molecular weight is 425 g/mol. The van der Waals surface area contributed by atoms with Crippen LogP contribution in [0.25, 0.3) is 0 Å². The number of rotatable bonds is 6. The molecule has 0 unspecified atom stereocenters. The van der Waals surface area contributed by atoms with Crippen LogP contribution >= 0.6 is 23.2 Å². The summed E-state index contributed by atoms with van der Waals surface area (Å²) in [4.78, 5) is 16.3. The predicted octanol–water partition coefficient (Wildman–Crippen LogP) is 5.65. The van der Waals surface area contributed by atoms with Crippen molar-refractivity contribution in [2.24, 2.45) is 10.9 Å². The molecule has 0 aliphatic carbocycles. The van der Waals surface area contributed by atoms with Crippen molar-refractivity contribution < 1.29 is 14.4 Å². The quantitative estimate of drug-likeness (QED) is 0.213. The van der Waals surface area contributed by atoms with Crippen molar-refractivity contribution in [3.63, 3.8) is 0 Å². The molecule has 2 aromatic rings. The molecule has 0 aliphatic rings. The highest BCUT2D eigenvalue weighted by atomic mass is 35.5. The number of halogens is 2. The Labute approximate surface area is 176 Å². The standard InChI is InChI=1S/C16H14Cl2N2O3.C3H6.C2H6/c17-12-6-7-14(13(18)9-12)22-10-16(21)23-20-15(19)8-11-4-2-1-3-5-11;1-3-2;1-2/h1-7,9H,8,10H2,(H2,19,20);3H,1H2,2H3;1-2H3. The molecule has 0 spiro atoms. The zero-order valence-corrected chi connectivity index (χ0v) is 17.8. The van der Waals surface area contributed by atoms with E-state index in [0.717, 1.165) is 5.56 Å². The fourth-order valence-corrected chi connectivity index (χ4v) is 2.17. The summed E-state index contributed by atoms with van der Waals surface area (Å²) >= 11 is 11.7. The van der Waals surface area contributed by atoms with Gasteiger partial charge in [0.15, 0.2) is 6.61 Å². The first kappa shape index (κ1) is 25.5. The van der Waals surface area contributed by atoms with Gasteiger partial charge in [0, 0.05) is 11.4 Å². The van der Waals surface area contributed by atoms with E-state index < -0.39 is 5.97 Å². The van der Waals surface area contributed by atoms with E-state index in [1.54, 1.807) is 18.2 Å². The number of nitrogens with zero attached hydrogens (tertiary/aromatic N) is 1. The minimum atomic E-state index is -0.688. The first-order valence-electron chi connectivity index (χ1n) is 8.67. The van der Waals surface area contributed by atoms with Gasteiger partial charge in [0.1, 0.15) is 11.6 Å². The Morgan fingerprint density at radius 2 is 1.79 bits per heavy atom. The highest BCUT2D eigenvalue weighted by molar-refractivity contribution is 6.35. The number of amidine groups is 1. The zero-order valence-electron chi connectivity index (χ0n) is 16.3. The molecule has 0 saturated heterocycles. The molecule has 0 bridgehead atoms. The molecule has 0 fully saturated rings. The SMILES string of the molecule is C=CC.CC.N/C(Cc1ccccc1)=N\OC(=O)COc1ccc(Cl)cc1Cl. The fraction of sp³-hybridized carbons (Fsp3) is 0.238. The lowest BCUT2D eigenvalue weighted by molar-refractivity contribution is -0.146. The van der Waals surface area contributed by atoms with Crippen molar-refractivity contribution >= 4 is 35.0 Å². The van der Waals surface area contributed by atoms with Crippen LogP contribution in [-0.2, 0) is 16.1 Å². The second-order valence-electron chi connectivity index (χ2n) is 4.98. The third kappa shape index (κ3) is 11.3. The van der Waals surface area contributed by atoms with Gasteiger partial charge in [-0.2, -0.15) is 0 Å². The Hall–Kier alpha value is -2.50. The molecule has 5 nitrogen and oxygen atoms in total. The van der Waals surface area contributed by atoms with Crippen LogP contribution < -0.4 is 10.5 Å². The Kier molecular flexibility index (Phi) is 14.2. The molecule has 2 N–H and O–H groups in total. The molecule has 0 amide bonds. The third-order valence-electron chi connectivity index (χ3n) is 2.73. The van der Waals surface area contributed by atoms with Gasteiger partial charge >= 0.3 is 5.97 Å². The molecule has 0 aromatic heterocycles. The topological polar surface area (TPSA) is 73.9 Å². The number of allylic oxidation sites excluding steroid dienone is 1. The van der Waals surface area contributed by atoms with Crippen LogP contribution in [0.5, 0.6) is 5.75 Å². The van der Waals surface area contributed by atoms with Gasteiger partial charge in [-0.3, -0.25) is 0 Å². The molecule has 0 saturated carbocycles. The normalized spacial score (nSPS) is 9.82. The average Bonchev–Trinajstić information content (AvgIpc) is 2.69. The molecule has 0 atom stereocenters. The summed E-state index contributed by atoms with van der Waals surface area (Å²) in [5, 5.41) is 4.36. The number of hydrogen-bond acceptors (Lipinski definition) is 4. The Morgan fingerprint density at radius 1 is 1.18 bits per heavy atom. The van der Waals surface area contributed by atoms with Crippen molar-refractivity contribution in [3.05, 3.63) is 76.8 Å². The van der Waals surface area contributed by atoms with E-state index in [9.17, 15) is 4.79 Å². The van der Waals surface area contributed by atoms with Crippen LogP contribution in [0, 0.1) is 0 Å². The summed E-state index contributed by atoms with van der Waals surface area (Å²) in [7, 11) is 0. The van der Waals surface area contributed by atoms with Crippen LogP contribution in [0.1, 0.15) is 26.3 Å². The van der Waals surface area contributed by atoms with E-state index >= 15 is 0 Å². The minimum absolute atomic E-state index is 0.189. The van der Waals surface area contributed by atoms with E-state index in [-0.39, 0.29) is 12.4 Å². The summed E-state index contributed by atoms with van der Waals surface area (Å²) in [5.74, 6) is -0.171. The van der Waals surface area contributed by atoms with Crippen molar-refractivity contribution in [2.75, 3.05) is 6.61 Å². The smallest absolute Gasteiger partial charge is 0.372 e. The van der Waals surface area contributed by atoms with Gasteiger partial charge in [-0.1, -0.05) is 78.6 Å². The van der Waals surface area contributed by atoms with Gasteiger partial charge in [0.2, 0.25) is 0 Å². The van der Waals surface area contributed by atoms with E-state index in [2.05, 4.69) is 11.7 Å². The summed E-state index contributed by atoms with van der Waals surface area (Å²) in [6.07, 6.45) is 2.14. The summed E-state index contributed by atoms with van der Waals surface area (Å²) in [6.45, 7) is 8.91. The van der Waals surface area contributed by atoms with Crippen molar-refractivity contribution in [3.8, 4) is 5.75 Å². The first-order chi connectivity index (χ1) is 13.5. The van der Waals surface area contributed by atoms with Gasteiger partial charge in [-0.05, 0) is 30.7 Å². The lowest BCUT2D eigenvalue weighted by Gasteiger charge is -2.06. The van der Waals surface area contributed by atoms with E-state index in [1.165, 1.54) is 6.07 Å². The Bertz CT molecular complexity index is 751. The number of ether oxygens (including phenoxy) is 1. The Morgan fingerprint density at radius 3 is 2.36 bits per heavy atom. The zero-order chi connectivity index (χ0) is 21.4. The number of carbonyl (C=O) groups is 1. The monoisotopic (exact) mass is 424 g/mol. The number of oxime groups is 1. The van der Waals surface area contributed by atoms with E-state index in [0.29, 0.717) is 22.2 Å². The lowest BCUT2D eigenvalue weighted by atomic mass is 10.1. The molecule has 2 rings (SSSR count). The largest absolute Gasteiger partial charge is 0.480 e. The highest BCUT2D eigenvalue weighted by Crippen LogP contribution is 2.27. The van der Waals surface area contributed by atoms with E-state index in [1.807, 2.05) is 51.1 Å². The predicted molar refractivity (Wildman–Crippen MR) is 117 cm³/mol. The maximum Gasteiger partial charge on any atom is 0.372 e. The van der Waals surface area contributed by atoms with Gasteiger partial charge in [0.25, 0.3) is 0 Å². The number of carbonyl (C=O) groups excluding carboxylic acids is 1. The summed E-state index contributed by atoms with van der Waals surface area (Å²) < 4.78 is 5.23. The molecular formula is C21H26Cl2N2O3. The van der Waals surface area contributed by atoms with Crippen LogP contribution in [-0.4, -0.2) is 18.4 Å². The fourth-order valence-electron chi connectivity index (χ4n) is 1.70. The maximum absolute atomic E-state index is 11.6. The molecule has 0 heterocycles. The van der Waals surface area contributed by atoms with Crippen LogP contribution in [0.15, 0.2) is 66.3 Å².